The van der Waals surface area contributed by atoms with Gasteiger partial charge in [0.25, 0.3) is 5.91 Å². The Hall–Kier alpha value is -3.64. The molecule has 0 spiro atoms. The summed E-state index contributed by atoms with van der Waals surface area (Å²) in [5.74, 6) is -13.2. The van der Waals surface area contributed by atoms with Gasteiger partial charge in [-0.25, -0.2) is 14.5 Å². The molecule has 20 heteroatoms. The molecule has 0 saturated heterocycles. The maximum absolute atomic E-state index is 14.6. The zero-order valence-electron chi connectivity index (χ0n) is 19.9. The molecule has 1 heterocycles. The predicted molar refractivity (Wildman–Crippen MR) is 128 cm³/mol. The first-order valence-corrected chi connectivity index (χ1v) is 13.0. The van der Waals surface area contributed by atoms with E-state index in [2.05, 4.69) is 4.98 Å². The largest absolute Gasteiger partial charge is 0.516 e. The summed E-state index contributed by atoms with van der Waals surface area (Å²) >= 11 is 11.3. The van der Waals surface area contributed by atoms with E-state index in [4.69, 9.17) is 33.0 Å². The molecule has 0 radical (unpaired) electrons. The molecule has 0 fully saturated rings. The summed E-state index contributed by atoms with van der Waals surface area (Å²) in [6.07, 6.45) is -6.11. The van der Waals surface area contributed by atoms with Crippen molar-refractivity contribution in [3.05, 3.63) is 80.8 Å². The van der Waals surface area contributed by atoms with Gasteiger partial charge in [-0.1, -0.05) is 41.4 Å². The Morgan fingerprint density at radius 3 is 2.10 bits per heavy atom. The van der Waals surface area contributed by atoms with Crippen molar-refractivity contribution in [2.45, 2.75) is 30.1 Å². The van der Waals surface area contributed by atoms with E-state index in [9.17, 15) is 53.1 Å². The summed E-state index contributed by atoms with van der Waals surface area (Å²) in [5, 5.41) is 8.07. The van der Waals surface area contributed by atoms with Crippen molar-refractivity contribution >= 4 is 45.1 Å². The van der Waals surface area contributed by atoms with Crippen LogP contribution in [0.3, 0.4) is 0 Å². The number of aromatic nitrogens is 2. The smallest absolute Gasteiger partial charge is 0.489 e. The lowest BCUT2D eigenvalue weighted by atomic mass is 9.91. The summed E-state index contributed by atoms with van der Waals surface area (Å²) in [6.45, 7) is -0.636. The van der Waals surface area contributed by atoms with E-state index in [-0.39, 0.29) is 16.3 Å². The minimum atomic E-state index is -6.11. The number of aromatic carboxylic acids is 1. The van der Waals surface area contributed by atoms with Gasteiger partial charge in [0.2, 0.25) is 0 Å². The first kappa shape index (κ1) is 32.9. The number of nitrogens with zero attached hydrogens (tertiary/aromatic N) is 1. The van der Waals surface area contributed by atoms with Gasteiger partial charge in [-0.15, -0.1) is 0 Å². The SMILES string of the molecule is O=C(NS(=O)(=O)C(F)(F)F)c1cc(Cl)ccc1COc1ccc(C(c2nc(C(=O)O)c(Cl)[nH]2)C(F)(F)C(F)(F)F)cc1. The monoisotopic (exact) mass is 669 g/mol. The van der Waals surface area contributed by atoms with Crippen molar-refractivity contribution in [3.8, 4) is 5.75 Å². The van der Waals surface area contributed by atoms with Crippen molar-refractivity contribution in [2.24, 2.45) is 0 Å². The fraction of sp³-hybridized carbons (Fsp3) is 0.227. The van der Waals surface area contributed by atoms with Crippen molar-refractivity contribution in [1.29, 1.82) is 0 Å². The van der Waals surface area contributed by atoms with Crippen LogP contribution in [0.1, 0.15) is 43.7 Å². The predicted octanol–water partition coefficient (Wildman–Crippen LogP) is 5.90. The lowest BCUT2D eigenvalue weighted by Crippen LogP contribution is -2.43. The number of benzene rings is 2. The molecular formula is C22H13Cl2F8N3O6S. The molecule has 2 aromatic carbocycles. The summed E-state index contributed by atoms with van der Waals surface area (Å²) in [4.78, 5) is 28.6. The highest BCUT2D eigenvalue weighted by atomic mass is 35.5. The topological polar surface area (TPSA) is 138 Å². The minimum absolute atomic E-state index is 0.168. The highest BCUT2D eigenvalue weighted by molar-refractivity contribution is 7.90. The molecular weight excluding hydrogens is 657 g/mol. The fourth-order valence-corrected chi connectivity index (χ4v) is 4.25. The second-order valence-electron chi connectivity index (χ2n) is 8.18. The molecule has 0 saturated carbocycles. The molecule has 0 bridgehead atoms. The third-order valence-corrected chi connectivity index (χ3v) is 6.92. The Morgan fingerprint density at radius 2 is 1.60 bits per heavy atom. The van der Waals surface area contributed by atoms with Crippen LogP contribution in [0.2, 0.25) is 10.2 Å². The highest BCUT2D eigenvalue weighted by Gasteiger charge is 2.64. The van der Waals surface area contributed by atoms with E-state index < -0.39 is 79.8 Å². The Morgan fingerprint density at radius 1 is 1.00 bits per heavy atom. The Labute approximate surface area is 239 Å². The molecule has 1 unspecified atom stereocenters. The summed E-state index contributed by atoms with van der Waals surface area (Å²) in [6, 6.07) is 6.50. The van der Waals surface area contributed by atoms with Crippen LogP contribution < -0.4 is 9.46 Å². The van der Waals surface area contributed by atoms with E-state index in [0.717, 1.165) is 41.1 Å². The Bertz CT molecular complexity index is 1610. The summed E-state index contributed by atoms with van der Waals surface area (Å²) in [7, 11) is -6.08. The number of carboxylic acids is 1. The fourth-order valence-electron chi connectivity index (χ4n) is 3.39. The third kappa shape index (κ3) is 6.87. The number of hydrogen-bond acceptors (Lipinski definition) is 6. The Kier molecular flexibility index (Phi) is 9.05. The zero-order valence-corrected chi connectivity index (χ0v) is 22.3. The standard InChI is InChI=1S/C22H13Cl2F8N3O6S/c23-11-4-1-10(13(7-11)18(36)35-42(39,40)22(30,31)32)8-41-12-5-2-9(3-6-12)14(20(25,26)21(27,28)29)17-33-15(19(37)38)16(24)34-17/h1-7,14H,8H2,(H,33,34)(H,35,36)(H,37,38). The van der Waals surface area contributed by atoms with E-state index in [1.165, 1.54) is 6.07 Å². The summed E-state index contributed by atoms with van der Waals surface area (Å²) in [5.41, 5.74) is -8.35. The molecule has 1 atom stereocenters. The molecule has 3 N–H and O–H groups in total. The van der Waals surface area contributed by atoms with Crippen molar-refractivity contribution in [3.63, 3.8) is 0 Å². The lowest BCUT2D eigenvalue weighted by Gasteiger charge is -2.27. The van der Waals surface area contributed by atoms with Gasteiger partial charge in [0.15, 0.2) is 5.69 Å². The molecule has 0 aliphatic rings. The van der Waals surface area contributed by atoms with Gasteiger partial charge in [0, 0.05) is 16.1 Å². The first-order valence-electron chi connectivity index (χ1n) is 10.7. The van der Waals surface area contributed by atoms with Gasteiger partial charge >= 0.3 is 33.6 Å². The maximum atomic E-state index is 14.6. The van der Waals surface area contributed by atoms with Crippen LogP contribution in [0, 0.1) is 0 Å². The molecule has 228 valence electrons. The van der Waals surface area contributed by atoms with E-state index in [1.54, 1.807) is 0 Å². The number of carbonyl (C=O) groups is 2. The van der Waals surface area contributed by atoms with Gasteiger partial charge in [-0.3, -0.25) is 4.79 Å². The van der Waals surface area contributed by atoms with Gasteiger partial charge in [-0.2, -0.15) is 43.5 Å². The van der Waals surface area contributed by atoms with E-state index in [1.807, 2.05) is 4.98 Å². The second kappa shape index (κ2) is 11.6. The average Bonchev–Trinajstić information content (AvgIpc) is 3.23. The first-order chi connectivity index (χ1) is 19.2. The van der Waals surface area contributed by atoms with Crippen LogP contribution in [-0.4, -0.2) is 53.0 Å². The molecule has 3 aromatic rings. The van der Waals surface area contributed by atoms with Crippen molar-refractivity contribution < 1.29 is 63.0 Å². The van der Waals surface area contributed by atoms with Crippen LogP contribution >= 0.6 is 23.2 Å². The highest BCUT2D eigenvalue weighted by Crippen LogP contribution is 2.48. The molecule has 42 heavy (non-hydrogen) atoms. The minimum Gasteiger partial charge on any atom is -0.489 e. The number of amides is 1. The van der Waals surface area contributed by atoms with Gasteiger partial charge in [-0.05, 0) is 29.8 Å². The molecule has 0 aliphatic heterocycles. The molecule has 1 aromatic heterocycles. The number of hydrogen-bond donors (Lipinski definition) is 3. The number of aromatic amines is 1. The van der Waals surface area contributed by atoms with E-state index in [0.29, 0.717) is 0 Å². The van der Waals surface area contributed by atoms with Gasteiger partial charge in [0.1, 0.15) is 29.3 Å². The van der Waals surface area contributed by atoms with Crippen molar-refractivity contribution in [1.82, 2.24) is 14.7 Å². The molecule has 1 amide bonds. The van der Waals surface area contributed by atoms with Gasteiger partial charge < -0.3 is 14.8 Å². The molecule has 3 rings (SSSR count). The van der Waals surface area contributed by atoms with Crippen LogP contribution in [0.5, 0.6) is 5.75 Å². The number of carboxylic acid groups (broad SMARTS) is 1. The number of imidazole rings is 1. The maximum Gasteiger partial charge on any atom is 0.516 e. The number of carbonyl (C=O) groups excluding carboxylic acids is 1. The number of ether oxygens (including phenoxy) is 1. The number of alkyl halides is 8. The molecule has 9 nitrogen and oxygen atoms in total. The number of halogens is 10. The quantitative estimate of drug-likeness (QED) is 0.241. The normalized spacial score (nSPS) is 13.5. The number of H-pyrrole nitrogens is 1. The summed E-state index contributed by atoms with van der Waals surface area (Å²) < 4.78 is 136. The van der Waals surface area contributed by atoms with Crippen molar-refractivity contribution in [2.75, 3.05) is 0 Å². The van der Waals surface area contributed by atoms with Crippen LogP contribution in [0.4, 0.5) is 35.1 Å². The number of rotatable bonds is 9. The van der Waals surface area contributed by atoms with Gasteiger partial charge in [0.05, 0.1) is 0 Å². The van der Waals surface area contributed by atoms with Crippen LogP contribution in [0.15, 0.2) is 42.5 Å². The lowest BCUT2D eigenvalue weighted by molar-refractivity contribution is -0.288. The van der Waals surface area contributed by atoms with Crippen LogP contribution in [0.25, 0.3) is 0 Å². The Balaban J connectivity index is 1.90. The average molecular weight is 670 g/mol. The second-order valence-corrected chi connectivity index (χ2v) is 10.7. The molecule has 0 aliphatic carbocycles. The zero-order chi connectivity index (χ0) is 31.8. The number of sulfonamides is 1. The third-order valence-electron chi connectivity index (χ3n) is 5.35. The van der Waals surface area contributed by atoms with E-state index >= 15 is 0 Å². The van der Waals surface area contributed by atoms with Crippen LogP contribution in [-0.2, 0) is 16.6 Å². The number of nitrogens with one attached hydrogen (secondary N) is 2.